The minimum Gasteiger partial charge on any atom is -0.484 e. The lowest BCUT2D eigenvalue weighted by atomic mass is 9.69. The molecule has 3 atom stereocenters. The van der Waals surface area contributed by atoms with Gasteiger partial charge in [0, 0.05) is 24.6 Å². The Morgan fingerprint density at radius 1 is 1.40 bits per heavy atom. The molecule has 2 aliphatic rings. The summed E-state index contributed by atoms with van der Waals surface area (Å²) in [6.07, 6.45) is 3.64. The highest BCUT2D eigenvalue weighted by atomic mass is 16.5. The molecule has 1 saturated heterocycles. The number of hydrogen-bond donors (Lipinski definition) is 2. The fraction of sp³-hybridized carbons (Fsp3) is 0.579. The zero-order chi connectivity index (χ0) is 18.0. The largest absolute Gasteiger partial charge is 0.484 e. The number of benzene rings is 1. The third kappa shape index (κ3) is 3.63. The molecule has 3 N–H and O–H groups in total. The molecule has 3 rings (SSSR count). The average molecular weight is 346 g/mol. The molecule has 0 aromatic heterocycles. The lowest BCUT2D eigenvalue weighted by molar-refractivity contribution is -0.119. The van der Waals surface area contributed by atoms with E-state index in [1.54, 1.807) is 24.3 Å². The molecule has 1 saturated carbocycles. The molecular weight excluding hydrogens is 320 g/mol. The highest BCUT2D eigenvalue weighted by Crippen LogP contribution is 2.44. The van der Waals surface area contributed by atoms with Gasteiger partial charge in [-0.15, -0.1) is 0 Å². The van der Waals surface area contributed by atoms with Crippen molar-refractivity contribution in [1.82, 2.24) is 4.90 Å². The van der Waals surface area contributed by atoms with Crippen LogP contribution in [0, 0.1) is 11.8 Å². The average Bonchev–Trinajstić information content (AvgIpc) is 3.05. The van der Waals surface area contributed by atoms with Gasteiger partial charge in [0.1, 0.15) is 5.75 Å². The van der Waals surface area contributed by atoms with Crippen molar-refractivity contribution in [1.29, 1.82) is 0 Å². The first-order chi connectivity index (χ1) is 11.9. The van der Waals surface area contributed by atoms with Crippen molar-refractivity contribution in [3.05, 3.63) is 29.8 Å². The predicted octanol–water partition coefficient (Wildman–Crippen LogP) is 1.56. The van der Waals surface area contributed by atoms with Crippen LogP contribution in [0.1, 0.15) is 43.0 Å². The molecular formula is C19H26N2O4. The first-order valence-electron chi connectivity index (χ1n) is 8.96. The summed E-state index contributed by atoms with van der Waals surface area (Å²) in [5, 5.41) is 10.9. The predicted molar refractivity (Wildman–Crippen MR) is 93.1 cm³/mol. The number of aliphatic hydroxyl groups is 1. The number of nitrogens with zero attached hydrogens (tertiary/aromatic N) is 1. The van der Waals surface area contributed by atoms with Gasteiger partial charge in [0.05, 0.1) is 5.60 Å². The van der Waals surface area contributed by atoms with E-state index in [4.69, 9.17) is 10.5 Å². The number of hydrogen-bond acceptors (Lipinski definition) is 4. The summed E-state index contributed by atoms with van der Waals surface area (Å²) in [6.45, 7) is 3.10. The van der Waals surface area contributed by atoms with Crippen LogP contribution in [0.15, 0.2) is 24.3 Å². The zero-order valence-electron chi connectivity index (χ0n) is 14.6. The van der Waals surface area contributed by atoms with Crippen LogP contribution in [0.25, 0.3) is 0 Å². The Morgan fingerprint density at radius 2 is 2.20 bits per heavy atom. The number of carbonyl (C=O) groups is 2. The molecule has 1 heterocycles. The molecule has 1 aromatic carbocycles. The number of nitrogens with two attached hydrogens (primary N) is 1. The maximum absolute atomic E-state index is 12.9. The molecule has 0 bridgehead atoms. The van der Waals surface area contributed by atoms with Crippen molar-refractivity contribution in [2.24, 2.45) is 17.6 Å². The number of likely N-dealkylation sites (tertiary alicyclic amines) is 1. The zero-order valence-corrected chi connectivity index (χ0v) is 14.6. The standard InChI is InChI=1S/C19H26N2O4/c1-2-19(24)8-4-6-14-10-21(11-16(14)19)18(23)13-5-3-7-15(9-13)25-12-17(20)22/h3,5,7,9,14,16,24H,2,4,6,8,10-12H2,1H3,(H2,20,22)/t14-,16+,19-/m0/s1. The van der Waals surface area contributed by atoms with E-state index in [1.807, 2.05) is 11.8 Å². The molecule has 2 amide bonds. The van der Waals surface area contributed by atoms with Gasteiger partial charge in [0.15, 0.2) is 6.61 Å². The minimum atomic E-state index is -0.648. The monoisotopic (exact) mass is 346 g/mol. The van der Waals surface area contributed by atoms with Gasteiger partial charge in [-0.2, -0.15) is 0 Å². The first-order valence-corrected chi connectivity index (χ1v) is 8.96. The normalized spacial score (nSPS) is 28.5. The highest BCUT2D eigenvalue weighted by molar-refractivity contribution is 5.94. The van der Waals surface area contributed by atoms with E-state index in [2.05, 4.69) is 0 Å². The lowest BCUT2D eigenvalue weighted by Gasteiger charge is -2.40. The summed E-state index contributed by atoms with van der Waals surface area (Å²) in [5.41, 5.74) is 4.96. The van der Waals surface area contributed by atoms with Gasteiger partial charge in [-0.1, -0.05) is 19.4 Å². The fourth-order valence-electron chi connectivity index (χ4n) is 4.29. The summed E-state index contributed by atoms with van der Waals surface area (Å²) in [6, 6.07) is 6.81. The van der Waals surface area contributed by atoms with Crippen molar-refractivity contribution >= 4 is 11.8 Å². The fourth-order valence-corrected chi connectivity index (χ4v) is 4.29. The van der Waals surface area contributed by atoms with Crippen molar-refractivity contribution in [2.75, 3.05) is 19.7 Å². The molecule has 0 unspecified atom stereocenters. The van der Waals surface area contributed by atoms with E-state index >= 15 is 0 Å². The number of carbonyl (C=O) groups excluding carboxylic acids is 2. The van der Waals surface area contributed by atoms with Crippen LogP contribution in [-0.4, -0.2) is 47.1 Å². The van der Waals surface area contributed by atoms with Gasteiger partial charge in [0.25, 0.3) is 11.8 Å². The van der Waals surface area contributed by atoms with Gasteiger partial charge >= 0.3 is 0 Å². The van der Waals surface area contributed by atoms with Crippen LogP contribution in [-0.2, 0) is 4.79 Å². The second kappa shape index (κ2) is 7.04. The lowest BCUT2D eigenvalue weighted by Crippen LogP contribution is -2.44. The molecule has 1 aromatic rings. The van der Waals surface area contributed by atoms with Crippen molar-refractivity contribution in [3.63, 3.8) is 0 Å². The van der Waals surface area contributed by atoms with Gasteiger partial charge in [-0.05, 0) is 43.4 Å². The number of fused-ring (bicyclic) bond motifs is 1. The van der Waals surface area contributed by atoms with E-state index in [0.717, 1.165) is 25.7 Å². The number of ether oxygens (including phenoxy) is 1. The van der Waals surface area contributed by atoms with Crippen LogP contribution in [0.4, 0.5) is 0 Å². The van der Waals surface area contributed by atoms with Gasteiger partial charge in [-0.25, -0.2) is 0 Å². The van der Waals surface area contributed by atoms with E-state index < -0.39 is 11.5 Å². The molecule has 0 spiro atoms. The molecule has 6 heteroatoms. The van der Waals surface area contributed by atoms with Crippen LogP contribution in [0.5, 0.6) is 5.75 Å². The van der Waals surface area contributed by atoms with Crippen LogP contribution < -0.4 is 10.5 Å². The van der Waals surface area contributed by atoms with Gasteiger partial charge < -0.3 is 20.5 Å². The summed E-state index contributed by atoms with van der Waals surface area (Å²) < 4.78 is 5.28. The smallest absolute Gasteiger partial charge is 0.255 e. The summed E-state index contributed by atoms with van der Waals surface area (Å²) in [4.78, 5) is 25.6. The van der Waals surface area contributed by atoms with Gasteiger partial charge in [-0.3, -0.25) is 9.59 Å². The Labute approximate surface area is 147 Å². The van der Waals surface area contributed by atoms with Crippen molar-refractivity contribution in [2.45, 2.75) is 38.2 Å². The highest BCUT2D eigenvalue weighted by Gasteiger charge is 2.48. The Hall–Kier alpha value is -2.08. The van der Waals surface area contributed by atoms with Crippen LogP contribution >= 0.6 is 0 Å². The number of amides is 2. The molecule has 25 heavy (non-hydrogen) atoms. The third-order valence-corrected chi connectivity index (χ3v) is 5.68. The first kappa shape index (κ1) is 17.7. The summed E-state index contributed by atoms with van der Waals surface area (Å²) in [5.74, 6) is 0.365. The minimum absolute atomic E-state index is 0.0580. The molecule has 6 nitrogen and oxygen atoms in total. The summed E-state index contributed by atoms with van der Waals surface area (Å²) >= 11 is 0. The van der Waals surface area contributed by atoms with Gasteiger partial charge in [0.2, 0.25) is 0 Å². The molecule has 0 radical (unpaired) electrons. The number of primary amides is 1. The van der Waals surface area contributed by atoms with E-state index in [-0.39, 0.29) is 18.4 Å². The second-order valence-electron chi connectivity index (χ2n) is 7.21. The molecule has 136 valence electrons. The Bertz CT molecular complexity index is 663. The molecule has 1 aliphatic carbocycles. The van der Waals surface area contributed by atoms with Crippen LogP contribution in [0.3, 0.4) is 0 Å². The maximum Gasteiger partial charge on any atom is 0.255 e. The molecule has 1 aliphatic heterocycles. The van der Waals surface area contributed by atoms with E-state index in [0.29, 0.717) is 30.3 Å². The molecule has 2 fully saturated rings. The quantitative estimate of drug-likeness (QED) is 0.846. The second-order valence-corrected chi connectivity index (χ2v) is 7.21. The number of rotatable bonds is 5. The maximum atomic E-state index is 12.9. The third-order valence-electron chi connectivity index (χ3n) is 5.68. The topological polar surface area (TPSA) is 92.9 Å². The van der Waals surface area contributed by atoms with Crippen molar-refractivity contribution in [3.8, 4) is 5.75 Å². The SMILES string of the molecule is CC[C@]1(O)CCC[C@H]2CN(C(=O)c3cccc(OCC(N)=O)c3)C[C@H]21. The Kier molecular flexibility index (Phi) is 4.99. The Balaban J connectivity index is 1.72. The van der Waals surface area contributed by atoms with Crippen LogP contribution in [0.2, 0.25) is 0 Å². The Morgan fingerprint density at radius 3 is 2.92 bits per heavy atom. The summed E-state index contributed by atoms with van der Waals surface area (Å²) in [7, 11) is 0. The van der Waals surface area contributed by atoms with E-state index in [1.165, 1.54) is 0 Å². The van der Waals surface area contributed by atoms with E-state index in [9.17, 15) is 14.7 Å². The van der Waals surface area contributed by atoms with Crippen molar-refractivity contribution < 1.29 is 19.4 Å².